The number of nitrogens with one attached hydrogen (secondary N) is 2. The van der Waals surface area contributed by atoms with Gasteiger partial charge in [0, 0.05) is 11.8 Å². The van der Waals surface area contributed by atoms with E-state index in [1.54, 1.807) is 24.3 Å². The van der Waals surface area contributed by atoms with Crippen LogP contribution in [-0.2, 0) is 10.0 Å². The average Bonchev–Trinajstić information content (AvgIpc) is 2.79. The van der Waals surface area contributed by atoms with Crippen molar-refractivity contribution in [3.05, 3.63) is 71.8 Å². The quantitative estimate of drug-likeness (QED) is 0.429. The molecule has 0 unspecified atom stereocenters. The number of ether oxygens (including phenoxy) is 2. The number of benzene rings is 3. The molecule has 0 spiro atoms. The summed E-state index contributed by atoms with van der Waals surface area (Å²) >= 11 is 0. The maximum atomic E-state index is 12.9. The Morgan fingerprint density at radius 3 is 2.36 bits per heavy atom. The Balaban J connectivity index is 1.59. The van der Waals surface area contributed by atoms with Crippen LogP contribution in [0.4, 0.5) is 11.4 Å². The number of aromatic hydroxyl groups is 1. The SMILES string of the molecule is O=C(O)c1cc(S(=O)(=O)Nc2ccccc2C(=O)Nc2ccc3c(c2)OCCO3)ccc1O. The molecule has 1 amide bonds. The van der Waals surface area contributed by atoms with Crippen molar-refractivity contribution in [1.82, 2.24) is 0 Å². The van der Waals surface area contributed by atoms with Crippen molar-refractivity contribution < 1.29 is 37.7 Å². The van der Waals surface area contributed by atoms with Gasteiger partial charge in [0.2, 0.25) is 0 Å². The Morgan fingerprint density at radius 2 is 1.61 bits per heavy atom. The molecule has 0 aromatic heterocycles. The van der Waals surface area contributed by atoms with Crippen molar-refractivity contribution in [2.75, 3.05) is 23.3 Å². The number of sulfonamides is 1. The van der Waals surface area contributed by atoms with Crippen molar-refractivity contribution in [3.63, 3.8) is 0 Å². The summed E-state index contributed by atoms with van der Waals surface area (Å²) in [4.78, 5) is 23.7. The minimum atomic E-state index is -4.27. The summed E-state index contributed by atoms with van der Waals surface area (Å²) < 4.78 is 38.9. The standard InChI is InChI=1S/C22H18N2O8S/c25-18-7-6-14(12-16(18)22(27)28)33(29,30)24-17-4-2-1-3-15(17)21(26)23-13-5-8-19-20(11-13)32-10-9-31-19/h1-8,11-12,24-25H,9-10H2,(H,23,26)(H,27,28). The van der Waals surface area contributed by atoms with Crippen LogP contribution < -0.4 is 19.5 Å². The number of para-hydroxylation sites is 1. The van der Waals surface area contributed by atoms with Gasteiger partial charge in [0.15, 0.2) is 11.5 Å². The lowest BCUT2D eigenvalue weighted by Crippen LogP contribution is -2.19. The Morgan fingerprint density at radius 1 is 0.879 bits per heavy atom. The van der Waals surface area contributed by atoms with E-state index in [0.717, 1.165) is 18.2 Å². The largest absolute Gasteiger partial charge is 0.507 e. The number of anilines is 2. The number of hydrogen-bond acceptors (Lipinski definition) is 7. The Kier molecular flexibility index (Phi) is 5.80. The maximum Gasteiger partial charge on any atom is 0.339 e. The first kappa shape index (κ1) is 22.0. The molecule has 33 heavy (non-hydrogen) atoms. The first-order valence-corrected chi connectivity index (χ1v) is 11.1. The molecular weight excluding hydrogens is 452 g/mol. The Hall–Kier alpha value is -4.25. The van der Waals surface area contributed by atoms with Gasteiger partial charge in [-0.25, -0.2) is 13.2 Å². The number of phenols is 1. The van der Waals surface area contributed by atoms with Crippen molar-refractivity contribution in [3.8, 4) is 17.2 Å². The lowest BCUT2D eigenvalue weighted by Gasteiger charge is -2.19. The zero-order valence-electron chi connectivity index (χ0n) is 16.9. The highest BCUT2D eigenvalue weighted by atomic mass is 32.2. The number of hydrogen-bond donors (Lipinski definition) is 4. The molecule has 1 aliphatic heterocycles. The second-order valence-corrected chi connectivity index (χ2v) is 8.63. The zero-order chi connectivity index (χ0) is 23.6. The highest BCUT2D eigenvalue weighted by molar-refractivity contribution is 7.92. The number of carboxylic acid groups (broad SMARTS) is 1. The minimum absolute atomic E-state index is 0.0162. The molecule has 0 atom stereocenters. The molecule has 0 saturated heterocycles. The lowest BCUT2D eigenvalue weighted by atomic mass is 10.1. The monoisotopic (exact) mass is 470 g/mol. The van der Waals surface area contributed by atoms with E-state index in [1.807, 2.05) is 0 Å². The van der Waals surface area contributed by atoms with Gasteiger partial charge in [-0.2, -0.15) is 0 Å². The topological polar surface area (TPSA) is 151 Å². The molecule has 4 N–H and O–H groups in total. The van der Waals surface area contributed by atoms with Gasteiger partial charge in [-0.15, -0.1) is 0 Å². The van der Waals surface area contributed by atoms with E-state index in [0.29, 0.717) is 30.4 Å². The molecule has 4 rings (SSSR count). The molecule has 11 heteroatoms. The number of aromatic carboxylic acids is 1. The van der Waals surface area contributed by atoms with E-state index < -0.39 is 33.2 Å². The van der Waals surface area contributed by atoms with Gasteiger partial charge >= 0.3 is 5.97 Å². The fraction of sp³-hybridized carbons (Fsp3) is 0.0909. The average molecular weight is 470 g/mol. The van der Waals surface area contributed by atoms with E-state index in [1.165, 1.54) is 18.2 Å². The van der Waals surface area contributed by atoms with Gasteiger partial charge in [-0.1, -0.05) is 12.1 Å². The van der Waals surface area contributed by atoms with Crippen molar-refractivity contribution >= 4 is 33.3 Å². The highest BCUT2D eigenvalue weighted by Crippen LogP contribution is 2.33. The third kappa shape index (κ3) is 4.67. The van der Waals surface area contributed by atoms with E-state index >= 15 is 0 Å². The van der Waals surface area contributed by atoms with Crippen LogP contribution >= 0.6 is 0 Å². The summed E-state index contributed by atoms with van der Waals surface area (Å²) in [5, 5.41) is 21.4. The van der Waals surface area contributed by atoms with Crippen LogP contribution in [0.25, 0.3) is 0 Å². The first-order chi connectivity index (χ1) is 15.7. The normalized spacial score (nSPS) is 12.6. The van der Waals surface area contributed by atoms with Crippen LogP contribution in [-0.4, -0.2) is 43.7 Å². The van der Waals surface area contributed by atoms with E-state index in [-0.39, 0.29) is 16.1 Å². The van der Waals surface area contributed by atoms with Gasteiger partial charge in [0.25, 0.3) is 15.9 Å². The number of rotatable bonds is 6. The van der Waals surface area contributed by atoms with Crippen molar-refractivity contribution in [2.24, 2.45) is 0 Å². The van der Waals surface area contributed by atoms with Crippen LogP contribution in [0.1, 0.15) is 20.7 Å². The number of carboxylic acids is 1. The molecule has 0 radical (unpaired) electrons. The zero-order valence-corrected chi connectivity index (χ0v) is 17.8. The number of fused-ring (bicyclic) bond motifs is 1. The molecule has 170 valence electrons. The second-order valence-electron chi connectivity index (χ2n) is 6.95. The Bertz CT molecular complexity index is 1350. The Labute approximate surface area is 188 Å². The van der Waals surface area contributed by atoms with Crippen LogP contribution in [0.3, 0.4) is 0 Å². The molecule has 3 aromatic carbocycles. The van der Waals surface area contributed by atoms with Gasteiger partial charge < -0.3 is 25.0 Å². The summed E-state index contributed by atoms with van der Waals surface area (Å²) in [5.74, 6) is -1.59. The molecule has 0 bridgehead atoms. The van der Waals surface area contributed by atoms with Crippen LogP contribution in [0.5, 0.6) is 17.2 Å². The van der Waals surface area contributed by atoms with Gasteiger partial charge in [0.05, 0.1) is 16.1 Å². The van der Waals surface area contributed by atoms with E-state index in [4.69, 9.17) is 14.6 Å². The summed E-state index contributed by atoms with van der Waals surface area (Å²) in [6.07, 6.45) is 0. The summed E-state index contributed by atoms with van der Waals surface area (Å²) in [6.45, 7) is 0.817. The van der Waals surface area contributed by atoms with Crippen LogP contribution in [0, 0.1) is 0 Å². The first-order valence-electron chi connectivity index (χ1n) is 9.64. The number of amides is 1. The molecule has 3 aromatic rings. The maximum absolute atomic E-state index is 12.9. The predicted octanol–water partition coefficient (Wildman–Crippen LogP) is 2.91. The third-order valence-corrected chi connectivity index (χ3v) is 6.09. The number of carbonyl (C=O) groups excluding carboxylic acids is 1. The van der Waals surface area contributed by atoms with Crippen molar-refractivity contribution in [2.45, 2.75) is 4.90 Å². The molecular formula is C22H18N2O8S. The smallest absolute Gasteiger partial charge is 0.339 e. The molecule has 0 fully saturated rings. The van der Waals surface area contributed by atoms with E-state index in [9.17, 15) is 23.1 Å². The van der Waals surface area contributed by atoms with Crippen LogP contribution in [0.15, 0.2) is 65.6 Å². The lowest BCUT2D eigenvalue weighted by molar-refractivity contribution is 0.0693. The second kappa shape index (κ2) is 8.71. The van der Waals surface area contributed by atoms with Gasteiger partial charge in [0.1, 0.15) is 24.5 Å². The minimum Gasteiger partial charge on any atom is -0.507 e. The highest BCUT2D eigenvalue weighted by Gasteiger charge is 2.22. The third-order valence-electron chi connectivity index (χ3n) is 4.72. The summed E-state index contributed by atoms with van der Waals surface area (Å²) in [7, 11) is -4.27. The van der Waals surface area contributed by atoms with Gasteiger partial charge in [-0.3, -0.25) is 9.52 Å². The number of carbonyl (C=O) groups is 2. The van der Waals surface area contributed by atoms with Crippen molar-refractivity contribution in [1.29, 1.82) is 0 Å². The molecule has 1 aliphatic rings. The molecule has 10 nitrogen and oxygen atoms in total. The summed E-state index contributed by atoms with van der Waals surface area (Å²) in [6, 6.07) is 13.7. The van der Waals surface area contributed by atoms with Gasteiger partial charge in [-0.05, 0) is 42.5 Å². The molecule has 0 saturated carbocycles. The van der Waals surface area contributed by atoms with Crippen LogP contribution in [0.2, 0.25) is 0 Å². The predicted molar refractivity (Wildman–Crippen MR) is 118 cm³/mol. The molecule has 0 aliphatic carbocycles. The fourth-order valence-corrected chi connectivity index (χ4v) is 4.25. The fourth-order valence-electron chi connectivity index (χ4n) is 3.15. The molecule has 1 heterocycles. The summed E-state index contributed by atoms with van der Waals surface area (Å²) in [5.41, 5.74) is -0.125. The van der Waals surface area contributed by atoms with E-state index in [2.05, 4.69) is 10.0 Å².